The van der Waals surface area contributed by atoms with Gasteiger partial charge in [0.2, 0.25) is 0 Å². The largest absolute Gasteiger partial charge is 0.329 e. The van der Waals surface area contributed by atoms with E-state index in [0.29, 0.717) is 5.15 Å². The molecule has 0 fully saturated rings. The van der Waals surface area contributed by atoms with Gasteiger partial charge in [0.05, 0.1) is 5.69 Å². The molecule has 0 radical (unpaired) electrons. The SMILES string of the molecule is Clc1ncccc1Nc1nc2cccnc2s1. The molecule has 0 spiro atoms. The van der Waals surface area contributed by atoms with Crippen molar-refractivity contribution in [3.8, 4) is 0 Å². The molecule has 17 heavy (non-hydrogen) atoms. The standard InChI is InChI=1S/C11H7ClN4S/c12-9-7(3-1-5-13-9)15-11-16-8-4-2-6-14-10(8)17-11/h1-6H,(H,15,16). The first-order valence-electron chi connectivity index (χ1n) is 4.92. The van der Waals surface area contributed by atoms with Crippen molar-refractivity contribution in [2.75, 3.05) is 5.32 Å². The average Bonchev–Trinajstić information content (AvgIpc) is 2.74. The van der Waals surface area contributed by atoms with Crippen LogP contribution in [0.2, 0.25) is 5.15 Å². The molecule has 0 aliphatic rings. The smallest absolute Gasteiger partial charge is 0.189 e. The highest BCUT2D eigenvalue weighted by atomic mass is 35.5. The third-order valence-corrected chi connectivity index (χ3v) is 3.36. The Morgan fingerprint density at radius 3 is 2.76 bits per heavy atom. The molecular formula is C11H7ClN4S. The Morgan fingerprint density at radius 1 is 1.12 bits per heavy atom. The lowest BCUT2D eigenvalue weighted by Crippen LogP contribution is -1.91. The maximum absolute atomic E-state index is 5.96. The van der Waals surface area contributed by atoms with E-state index >= 15 is 0 Å². The van der Waals surface area contributed by atoms with Gasteiger partial charge < -0.3 is 5.32 Å². The highest BCUT2D eigenvalue weighted by molar-refractivity contribution is 7.21. The summed E-state index contributed by atoms with van der Waals surface area (Å²) >= 11 is 7.44. The van der Waals surface area contributed by atoms with E-state index in [1.165, 1.54) is 11.3 Å². The van der Waals surface area contributed by atoms with E-state index in [9.17, 15) is 0 Å². The van der Waals surface area contributed by atoms with Crippen molar-refractivity contribution in [1.29, 1.82) is 0 Å². The Bertz CT molecular complexity index is 634. The molecule has 3 rings (SSSR count). The Kier molecular flexibility index (Phi) is 2.62. The fraction of sp³-hybridized carbons (Fsp3) is 0. The lowest BCUT2D eigenvalue weighted by atomic mass is 10.4. The Morgan fingerprint density at radius 2 is 1.94 bits per heavy atom. The summed E-state index contributed by atoms with van der Waals surface area (Å²) in [5.74, 6) is 0. The molecule has 0 saturated carbocycles. The summed E-state index contributed by atoms with van der Waals surface area (Å²) in [5.41, 5.74) is 1.62. The van der Waals surface area contributed by atoms with Gasteiger partial charge in [0.25, 0.3) is 0 Å². The molecule has 0 aliphatic heterocycles. The molecule has 6 heteroatoms. The third kappa shape index (κ3) is 2.07. The van der Waals surface area contributed by atoms with Crippen LogP contribution >= 0.6 is 22.9 Å². The van der Waals surface area contributed by atoms with Crippen molar-refractivity contribution in [1.82, 2.24) is 15.0 Å². The number of hydrogen-bond donors (Lipinski definition) is 1. The summed E-state index contributed by atoms with van der Waals surface area (Å²) in [7, 11) is 0. The maximum atomic E-state index is 5.96. The summed E-state index contributed by atoms with van der Waals surface area (Å²) in [6, 6.07) is 7.46. The predicted molar refractivity (Wildman–Crippen MR) is 69.9 cm³/mol. The van der Waals surface area contributed by atoms with Crippen molar-refractivity contribution >= 4 is 44.1 Å². The lowest BCUT2D eigenvalue weighted by Gasteiger charge is -2.02. The zero-order chi connectivity index (χ0) is 11.7. The molecule has 0 saturated heterocycles. The van der Waals surface area contributed by atoms with Crippen LogP contribution in [0.1, 0.15) is 0 Å². The molecule has 0 amide bonds. The number of halogens is 1. The normalized spacial score (nSPS) is 10.6. The van der Waals surface area contributed by atoms with Crippen LogP contribution in [0.4, 0.5) is 10.8 Å². The zero-order valence-corrected chi connectivity index (χ0v) is 10.2. The first-order valence-corrected chi connectivity index (χ1v) is 6.11. The first-order chi connectivity index (χ1) is 8.33. The molecule has 84 valence electrons. The minimum Gasteiger partial charge on any atom is -0.329 e. The van der Waals surface area contributed by atoms with Crippen LogP contribution < -0.4 is 5.32 Å². The Hall–Kier alpha value is -1.72. The van der Waals surface area contributed by atoms with E-state index < -0.39 is 0 Å². The summed E-state index contributed by atoms with van der Waals surface area (Å²) in [6.07, 6.45) is 3.40. The van der Waals surface area contributed by atoms with E-state index in [4.69, 9.17) is 11.6 Å². The number of thiazole rings is 1. The number of pyridine rings is 2. The Labute approximate surface area is 106 Å². The van der Waals surface area contributed by atoms with Gasteiger partial charge in [-0.2, -0.15) is 0 Å². The van der Waals surface area contributed by atoms with Crippen molar-refractivity contribution in [3.63, 3.8) is 0 Å². The number of fused-ring (bicyclic) bond motifs is 1. The van der Waals surface area contributed by atoms with Gasteiger partial charge in [-0.25, -0.2) is 15.0 Å². The van der Waals surface area contributed by atoms with Crippen molar-refractivity contribution in [3.05, 3.63) is 41.8 Å². The van der Waals surface area contributed by atoms with Crippen LogP contribution in [0.5, 0.6) is 0 Å². The van der Waals surface area contributed by atoms with Crippen LogP contribution in [-0.4, -0.2) is 15.0 Å². The van der Waals surface area contributed by atoms with E-state index in [2.05, 4.69) is 20.3 Å². The summed E-state index contributed by atoms with van der Waals surface area (Å²) in [5, 5.41) is 4.32. The number of rotatable bonds is 2. The van der Waals surface area contributed by atoms with Gasteiger partial charge in [0.1, 0.15) is 10.3 Å². The van der Waals surface area contributed by atoms with Crippen molar-refractivity contribution in [2.45, 2.75) is 0 Å². The van der Waals surface area contributed by atoms with Gasteiger partial charge in [-0.15, -0.1) is 0 Å². The number of aromatic nitrogens is 3. The van der Waals surface area contributed by atoms with Gasteiger partial charge in [0.15, 0.2) is 10.3 Å². The molecule has 0 aliphatic carbocycles. The van der Waals surface area contributed by atoms with Gasteiger partial charge in [-0.1, -0.05) is 22.9 Å². The molecule has 1 N–H and O–H groups in total. The van der Waals surface area contributed by atoms with Gasteiger partial charge in [-0.3, -0.25) is 0 Å². The van der Waals surface area contributed by atoms with E-state index in [-0.39, 0.29) is 0 Å². The highest BCUT2D eigenvalue weighted by Crippen LogP contribution is 2.28. The molecule has 3 aromatic heterocycles. The summed E-state index contributed by atoms with van der Waals surface area (Å²) < 4.78 is 0. The van der Waals surface area contributed by atoms with E-state index in [1.807, 2.05) is 24.3 Å². The van der Waals surface area contributed by atoms with Crippen molar-refractivity contribution < 1.29 is 0 Å². The molecule has 0 atom stereocenters. The first kappa shape index (κ1) is 10.4. The quantitative estimate of drug-likeness (QED) is 0.719. The Balaban J connectivity index is 1.98. The maximum Gasteiger partial charge on any atom is 0.189 e. The van der Waals surface area contributed by atoms with E-state index in [1.54, 1.807) is 12.4 Å². The van der Waals surface area contributed by atoms with Crippen LogP contribution in [0.3, 0.4) is 0 Å². The molecule has 0 bridgehead atoms. The monoisotopic (exact) mass is 262 g/mol. The highest BCUT2D eigenvalue weighted by Gasteiger charge is 2.06. The molecule has 3 heterocycles. The van der Waals surface area contributed by atoms with Crippen LogP contribution in [0.15, 0.2) is 36.7 Å². The van der Waals surface area contributed by atoms with Gasteiger partial charge in [-0.05, 0) is 24.3 Å². The van der Waals surface area contributed by atoms with Crippen LogP contribution in [-0.2, 0) is 0 Å². The fourth-order valence-corrected chi connectivity index (χ4v) is 2.40. The van der Waals surface area contributed by atoms with Crippen molar-refractivity contribution in [2.24, 2.45) is 0 Å². The molecule has 4 nitrogen and oxygen atoms in total. The molecule has 0 unspecified atom stereocenters. The lowest BCUT2D eigenvalue weighted by molar-refractivity contribution is 1.31. The summed E-state index contributed by atoms with van der Waals surface area (Å²) in [4.78, 5) is 13.5. The average molecular weight is 263 g/mol. The topological polar surface area (TPSA) is 50.7 Å². The molecule has 0 aromatic carbocycles. The van der Waals surface area contributed by atoms with Crippen LogP contribution in [0.25, 0.3) is 10.3 Å². The van der Waals surface area contributed by atoms with E-state index in [0.717, 1.165) is 21.2 Å². The molecule has 3 aromatic rings. The number of anilines is 2. The summed E-state index contributed by atoms with van der Waals surface area (Å²) in [6.45, 7) is 0. The van der Waals surface area contributed by atoms with Crippen LogP contribution in [0, 0.1) is 0 Å². The fourth-order valence-electron chi connectivity index (χ4n) is 1.42. The third-order valence-electron chi connectivity index (χ3n) is 2.17. The minimum atomic E-state index is 0.430. The van der Waals surface area contributed by atoms with Gasteiger partial charge in [0, 0.05) is 12.4 Å². The number of nitrogens with zero attached hydrogens (tertiary/aromatic N) is 3. The number of hydrogen-bond acceptors (Lipinski definition) is 5. The molecular weight excluding hydrogens is 256 g/mol. The zero-order valence-electron chi connectivity index (χ0n) is 8.59. The van der Waals surface area contributed by atoms with Gasteiger partial charge >= 0.3 is 0 Å². The minimum absolute atomic E-state index is 0.430. The number of nitrogens with one attached hydrogen (secondary N) is 1. The second kappa shape index (κ2) is 4.27. The second-order valence-electron chi connectivity index (χ2n) is 3.31. The predicted octanol–water partition coefficient (Wildman–Crippen LogP) is 3.48. The second-order valence-corrected chi connectivity index (χ2v) is 4.65.